The molecule has 8 heteroatoms. The summed E-state index contributed by atoms with van der Waals surface area (Å²) in [6.45, 7) is 1.08. The van der Waals surface area contributed by atoms with Crippen LogP contribution in [-0.4, -0.2) is 32.9 Å². The number of nitrogens with one attached hydrogen (secondary N) is 1. The van der Waals surface area contributed by atoms with Crippen LogP contribution in [0, 0.1) is 11.8 Å². The highest BCUT2D eigenvalue weighted by atomic mass is 16.5. The lowest BCUT2D eigenvalue weighted by Gasteiger charge is -2.24. The average Bonchev–Trinajstić information content (AvgIpc) is 2.86. The summed E-state index contributed by atoms with van der Waals surface area (Å²) in [6, 6.07) is 19.5. The van der Waals surface area contributed by atoms with Gasteiger partial charge in [0.2, 0.25) is 0 Å². The Morgan fingerprint density at radius 2 is 1.47 bits per heavy atom. The molecule has 172 valence electrons. The molecule has 0 bridgehead atoms. The number of hydrogen-bond donors (Lipinski definition) is 5. The van der Waals surface area contributed by atoms with E-state index in [1.54, 1.807) is 48.5 Å². The van der Waals surface area contributed by atoms with Crippen LogP contribution in [0.15, 0.2) is 77.8 Å². The molecule has 0 fully saturated rings. The Morgan fingerprint density at radius 1 is 0.941 bits per heavy atom. The van der Waals surface area contributed by atoms with E-state index in [9.17, 15) is 19.8 Å². The lowest BCUT2D eigenvalue weighted by Crippen LogP contribution is -2.43. The summed E-state index contributed by atoms with van der Waals surface area (Å²) in [6.07, 6.45) is 0. The van der Waals surface area contributed by atoms with Crippen LogP contribution >= 0.6 is 0 Å². The maximum Gasteiger partial charge on any atom is 0.292 e. The largest absolute Gasteiger partial charge is 0.399 e. The van der Waals surface area contributed by atoms with E-state index >= 15 is 0 Å². The lowest BCUT2D eigenvalue weighted by atomic mass is 9.89. The highest BCUT2D eigenvalue weighted by Gasteiger charge is 2.36. The average molecular weight is 457 g/mol. The maximum absolute atomic E-state index is 12.7. The van der Waals surface area contributed by atoms with Gasteiger partial charge >= 0.3 is 0 Å². The molecule has 1 atom stereocenters. The second-order valence-electron chi connectivity index (χ2n) is 7.58. The minimum atomic E-state index is -2.00. The monoisotopic (exact) mass is 457 g/mol. The van der Waals surface area contributed by atoms with Gasteiger partial charge < -0.3 is 15.9 Å². The zero-order valence-electron chi connectivity index (χ0n) is 18.3. The Hall–Kier alpha value is -4.29. The third-order valence-corrected chi connectivity index (χ3v) is 5.08. The number of nitrogens with zero attached hydrogens (tertiary/aromatic N) is 1. The number of aliphatic hydroxyl groups excluding tert-OH is 1. The van der Waals surface area contributed by atoms with E-state index in [2.05, 4.69) is 16.8 Å². The standard InChI is InChI=1S/C26H23N3O5/c1-26(33,21-12-6-19(16-30)7-13-21)23(25(32)29-34)28-24(31)20-10-4-17(5-11-20)2-3-18-8-14-22(27)15-9-18/h4-15,30,33-34H,16,27H2,1H3,(H,29,32)/b28-23-. The van der Waals surface area contributed by atoms with E-state index in [1.807, 2.05) is 0 Å². The second kappa shape index (κ2) is 10.6. The number of hydroxylamine groups is 1. The van der Waals surface area contributed by atoms with Crippen LogP contribution in [0.1, 0.15) is 39.5 Å². The van der Waals surface area contributed by atoms with E-state index < -0.39 is 23.1 Å². The fourth-order valence-electron chi connectivity index (χ4n) is 3.08. The third-order valence-electron chi connectivity index (χ3n) is 5.08. The number of benzene rings is 3. The van der Waals surface area contributed by atoms with Crippen molar-refractivity contribution in [1.29, 1.82) is 0 Å². The minimum Gasteiger partial charge on any atom is -0.399 e. The van der Waals surface area contributed by atoms with Crippen molar-refractivity contribution in [3.05, 3.63) is 101 Å². The van der Waals surface area contributed by atoms with Crippen LogP contribution in [0.2, 0.25) is 0 Å². The molecule has 6 N–H and O–H groups in total. The van der Waals surface area contributed by atoms with Crippen LogP contribution in [-0.2, 0) is 17.0 Å². The van der Waals surface area contributed by atoms with Gasteiger partial charge in [-0.15, -0.1) is 0 Å². The number of amides is 2. The molecule has 0 aliphatic carbocycles. The number of nitrogens with two attached hydrogens (primary N) is 1. The highest BCUT2D eigenvalue weighted by Crippen LogP contribution is 2.24. The molecule has 3 aromatic rings. The Morgan fingerprint density at radius 3 is 1.97 bits per heavy atom. The first kappa shape index (κ1) is 24.4. The number of carbonyl (C=O) groups is 2. The number of anilines is 1. The van der Waals surface area contributed by atoms with Crippen LogP contribution in [0.25, 0.3) is 0 Å². The van der Waals surface area contributed by atoms with Crippen molar-refractivity contribution in [3.63, 3.8) is 0 Å². The van der Waals surface area contributed by atoms with E-state index in [0.29, 0.717) is 16.8 Å². The van der Waals surface area contributed by atoms with Crippen molar-refractivity contribution in [2.45, 2.75) is 19.1 Å². The minimum absolute atomic E-state index is 0.160. The molecule has 0 aromatic heterocycles. The van der Waals surface area contributed by atoms with E-state index in [4.69, 9.17) is 10.9 Å². The number of aliphatic hydroxyl groups is 2. The Kier molecular flexibility index (Phi) is 7.56. The van der Waals surface area contributed by atoms with Gasteiger partial charge in [-0.25, -0.2) is 10.5 Å². The fourth-order valence-corrected chi connectivity index (χ4v) is 3.08. The normalized spacial score (nSPS) is 12.8. The van der Waals surface area contributed by atoms with Gasteiger partial charge in [-0.2, -0.15) is 0 Å². The van der Waals surface area contributed by atoms with Crippen LogP contribution < -0.4 is 11.2 Å². The van der Waals surface area contributed by atoms with Crippen LogP contribution in [0.4, 0.5) is 5.69 Å². The first-order chi connectivity index (χ1) is 16.2. The van der Waals surface area contributed by atoms with E-state index in [0.717, 1.165) is 5.56 Å². The first-order valence-corrected chi connectivity index (χ1v) is 10.2. The lowest BCUT2D eigenvalue weighted by molar-refractivity contribution is -0.123. The molecule has 0 aliphatic rings. The van der Waals surface area contributed by atoms with Crippen molar-refractivity contribution >= 4 is 23.2 Å². The van der Waals surface area contributed by atoms with Gasteiger partial charge in [0.25, 0.3) is 11.8 Å². The molecular formula is C26H23N3O5. The summed E-state index contributed by atoms with van der Waals surface area (Å²) in [4.78, 5) is 28.8. The predicted molar refractivity (Wildman–Crippen MR) is 127 cm³/mol. The molecule has 0 spiro atoms. The van der Waals surface area contributed by atoms with Crippen molar-refractivity contribution < 1.29 is 25.0 Å². The summed E-state index contributed by atoms with van der Waals surface area (Å²) in [5.41, 5.74) is 7.57. The maximum atomic E-state index is 12.7. The fraction of sp³-hybridized carbons (Fsp3) is 0.115. The molecule has 0 aliphatic heterocycles. The van der Waals surface area contributed by atoms with Gasteiger partial charge in [0.1, 0.15) is 11.3 Å². The van der Waals surface area contributed by atoms with Gasteiger partial charge in [-0.05, 0) is 66.6 Å². The first-order valence-electron chi connectivity index (χ1n) is 10.2. The van der Waals surface area contributed by atoms with Gasteiger partial charge in [-0.3, -0.25) is 14.8 Å². The smallest absolute Gasteiger partial charge is 0.292 e. The Balaban J connectivity index is 1.86. The third kappa shape index (κ3) is 5.74. The van der Waals surface area contributed by atoms with Crippen LogP contribution in [0.3, 0.4) is 0 Å². The van der Waals surface area contributed by atoms with E-state index in [1.165, 1.54) is 36.7 Å². The van der Waals surface area contributed by atoms with Crippen molar-refractivity contribution in [2.75, 3.05) is 5.73 Å². The SMILES string of the molecule is CC(O)(/C(=N\C(=O)c1ccc(C#Cc2ccc(N)cc2)cc1)C(=O)NO)c1ccc(CO)cc1. The predicted octanol–water partition coefficient (Wildman–Crippen LogP) is 2.16. The molecule has 3 aromatic carbocycles. The van der Waals surface area contributed by atoms with Crippen molar-refractivity contribution in [3.8, 4) is 11.8 Å². The van der Waals surface area contributed by atoms with Gasteiger partial charge in [0, 0.05) is 22.4 Å². The van der Waals surface area contributed by atoms with Gasteiger partial charge in [0.05, 0.1) is 6.61 Å². The van der Waals surface area contributed by atoms with E-state index in [-0.39, 0.29) is 17.7 Å². The molecule has 0 radical (unpaired) electrons. The van der Waals surface area contributed by atoms with Crippen molar-refractivity contribution in [2.24, 2.45) is 4.99 Å². The molecule has 2 amide bonds. The molecular weight excluding hydrogens is 434 g/mol. The van der Waals surface area contributed by atoms with Crippen molar-refractivity contribution in [1.82, 2.24) is 5.48 Å². The quantitative estimate of drug-likeness (QED) is 0.131. The summed E-state index contributed by atoms with van der Waals surface area (Å²) >= 11 is 0. The summed E-state index contributed by atoms with van der Waals surface area (Å²) in [5.74, 6) is 4.05. The second-order valence-corrected chi connectivity index (χ2v) is 7.58. The molecule has 34 heavy (non-hydrogen) atoms. The van der Waals surface area contributed by atoms with Gasteiger partial charge in [0.15, 0.2) is 0 Å². The number of carbonyl (C=O) groups excluding carboxylic acids is 2. The molecule has 1 unspecified atom stereocenters. The number of hydrogen-bond acceptors (Lipinski definition) is 6. The molecule has 0 heterocycles. The Bertz CT molecular complexity index is 1270. The zero-order valence-corrected chi connectivity index (χ0v) is 18.3. The summed E-state index contributed by atoms with van der Waals surface area (Å²) in [7, 11) is 0. The highest BCUT2D eigenvalue weighted by molar-refractivity contribution is 6.43. The molecule has 8 nitrogen and oxygen atoms in total. The molecule has 0 saturated carbocycles. The summed E-state index contributed by atoms with van der Waals surface area (Å²) in [5, 5.41) is 29.3. The Labute approximate surface area is 196 Å². The molecule has 0 saturated heterocycles. The number of rotatable bonds is 5. The summed E-state index contributed by atoms with van der Waals surface area (Å²) < 4.78 is 0. The van der Waals surface area contributed by atoms with Gasteiger partial charge in [-0.1, -0.05) is 36.1 Å². The number of aliphatic imine (C=N–C) groups is 1. The van der Waals surface area contributed by atoms with Crippen LogP contribution in [0.5, 0.6) is 0 Å². The topological polar surface area (TPSA) is 145 Å². The zero-order chi connectivity index (χ0) is 24.7. The number of nitrogen functional groups attached to an aromatic ring is 1. The molecule has 3 rings (SSSR count).